The quantitative estimate of drug-likeness (QED) is 0.758. The lowest BCUT2D eigenvalue weighted by Crippen LogP contribution is -2.43. The number of benzene rings is 1. The van der Waals surface area contributed by atoms with E-state index < -0.39 is 15.9 Å². The highest BCUT2D eigenvalue weighted by molar-refractivity contribution is 7.89. The van der Waals surface area contributed by atoms with Crippen LogP contribution in [-0.2, 0) is 14.8 Å². The van der Waals surface area contributed by atoms with Gasteiger partial charge in [-0.3, -0.25) is 20.4 Å². The Morgan fingerprint density at radius 2 is 1.57 bits per heavy atom. The van der Waals surface area contributed by atoms with Crippen LogP contribution >= 0.6 is 0 Å². The van der Waals surface area contributed by atoms with Gasteiger partial charge in [-0.1, -0.05) is 27.7 Å². The van der Waals surface area contributed by atoms with Gasteiger partial charge in [0.1, 0.15) is 0 Å². The molecule has 0 fully saturated rings. The van der Waals surface area contributed by atoms with E-state index in [1.54, 1.807) is 27.7 Å². The molecule has 8 heteroatoms. The normalized spacial score (nSPS) is 11.6. The van der Waals surface area contributed by atoms with E-state index >= 15 is 0 Å². The van der Waals surface area contributed by atoms with Crippen LogP contribution in [0.2, 0.25) is 0 Å². The lowest BCUT2D eigenvalue weighted by Gasteiger charge is -2.18. The number of nitrogens with one attached hydrogen (secondary N) is 2. The first kappa shape index (κ1) is 19.1. The van der Waals surface area contributed by atoms with Crippen molar-refractivity contribution in [3.8, 4) is 0 Å². The van der Waals surface area contributed by atoms with E-state index in [-0.39, 0.29) is 22.3 Å². The predicted octanol–water partition coefficient (Wildman–Crippen LogP) is 1.13. The second-order valence-corrected chi connectivity index (χ2v) is 7.15. The fraction of sp³-hybridized carbons (Fsp3) is 0.467. The van der Waals surface area contributed by atoms with Crippen LogP contribution < -0.4 is 10.9 Å². The summed E-state index contributed by atoms with van der Waals surface area (Å²) in [7, 11) is -3.55. The van der Waals surface area contributed by atoms with Gasteiger partial charge >= 0.3 is 0 Å². The summed E-state index contributed by atoms with van der Waals surface area (Å²) in [5, 5.41) is 0. The van der Waals surface area contributed by atoms with Crippen LogP contribution in [0, 0.1) is 5.92 Å². The minimum absolute atomic E-state index is 0.129. The second-order valence-electron chi connectivity index (χ2n) is 5.21. The largest absolute Gasteiger partial charge is 0.273 e. The molecular formula is C15H23N3O4S. The van der Waals surface area contributed by atoms with E-state index in [4.69, 9.17) is 0 Å². The SMILES string of the molecule is CCN(CC)S(=O)(=O)c1ccc(C(=O)NNC(=O)C(C)C)cc1. The number of rotatable bonds is 6. The molecule has 1 aromatic rings. The van der Waals surface area contributed by atoms with Crippen LogP contribution in [0.3, 0.4) is 0 Å². The maximum atomic E-state index is 12.3. The van der Waals surface area contributed by atoms with Gasteiger partial charge in [0.2, 0.25) is 15.9 Å². The minimum Gasteiger partial charge on any atom is -0.273 e. The summed E-state index contributed by atoms with van der Waals surface area (Å²) in [4.78, 5) is 23.4. The van der Waals surface area contributed by atoms with Gasteiger partial charge in [-0.15, -0.1) is 0 Å². The second kappa shape index (κ2) is 8.07. The molecular weight excluding hydrogens is 318 g/mol. The number of amides is 2. The Kier molecular flexibility index (Phi) is 6.71. The Balaban J connectivity index is 2.84. The Bertz CT molecular complexity index is 650. The molecule has 2 amide bonds. The molecule has 1 rings (SSSR count). The van der Waals surface area contributed by atoms with E-state index in [1.807, 2.05) is 0 Å². The Morgan fingerprint density at radius 1 is 1.04 bits per heavy atom. The lowest BCUT2D eigenvalue weighted by atomic mass is 10.2. The van der Waals surface area contributed by atoms with Gasteiger partial charge in [-0.25, -0.2) is 8.42 Å². The van der Waals surface area contributed by atoms with Crippen LogP contribution in [0.5, 0.6) is 0 Å². The zero-order valence-electron chi connectivity index (χ0n) is 13.8. The number of carbonyl (C=O) groups is 2. The standard InChI is InChI=1S/C15H23N3O4S/c1-5-18(6-2)23(21,22)13-9-7-12(8-10-13)15(20)17-16-14(19)11(3)4/h7-11H,5-6H2,1-4H3,(H,16,19)(H,17,20). The molecule has 0 saturated carbocycles. The zero-order chi connectivity index (χ0) is 17.6. The van der Waals surface area contributed by atoms with Gasteiger partial charge in [0.25, 0.3) is 5.91 Å². The molecule has 23 heavy (non-hydrogen) atoms. The summed E-state index contributed by atoms with van der Waals surface area (Å²) in [6, 6.07) is 5.58. The number of nitrogens with zero attached hydrogens (tertiary/aromatic N) is 1. The number of hydrazine groups is 1. The summed E-state index contributed by atoms with van der Waals surface area (Å²) >= 11 is 0. The fourth-order valence-electron chi connectivity index (χ4n) is 1.83. The lowest BCUT2D eigenvalue weighted by molar-refractivity contribution is -0.124. The number of sulfonamides is 1. The molecule has 7 nitrogen and oxygen atoms in total. The maximum Gasteiger partial charge on any atom is 0.269 e. The first-order valence-corrected chi connectivity index (χ1v) is 8.88. The summed E-state index contributed by atoms with van der Waals surface area (Å²) < 4.78 is 26.0. The van der Waals surface area contributed by atoms with E-state index in [0.717, 1.165) is 0 Å². The Hall–Kier alpha value is -1.93. The number of hydrogen-bond acceptors (Lipinski definition) is 4. The Morgan fingerprint density at radius 3 is 2.00 bits per heavy atom. The maximum absolute atomic E-state index is 12.3. The van der Waals surface area contributed by atoms with Crippen LogP contribution in [0.25, 0.3) is 0 Å². The smallest absolute Gasteiger partial charge is 0.269 e. The third kappa shape index (κ3) is 4.77. The molecule has 0 heterocycles. The highest BCUT2D eigenvalue weighted by atomic mass is 32.2. The van der Waals surface area contributed by atoms with Crippen molar-refractivity contribution >= 4 is 21.8 Å². The van der Waals surface area contributed by atoms with E-state index in [9.17, 15) is 18.0 Å². The predicted molar refractivity (Wildman–Crippen MR) is 87.0 cm³/mol. The molecule has 128 valence electrons. The van der Waals surface area contributed by atoms with Crippen molar-refractivity contribution in [1.82, 2.24) is 15.2 Å². The highest BCUT2D eigenvalue weighted by Crippen LogP contribution is 2.16. The molecule has 0 atom stereocenters. The van der Waals surface area contributed by atoms with Crippen molar-refractivity contribution in [2.75, 3.05) is 13.1 Å². The van der Waals surface area contributed by atoms with Crippen molar-refractivity contribution < 1.29 is 18.0 Å². The molecule has 1 aromatic carbocycles. The first-order chi connectivity index (χ1) is 10.7. The molecule has 0 aliphatic heterocycles. The van der Waals surface area contributed by atoms with Crippen molar-refractivity contribution in [2.45, 2.75) is 32.6 Å². The molecule has 0 unspecified atom stereocenters. The van der Waals surface area contributed by atoms with Crippen molar-refractivity contribution in [2.24, 2.45) is 5.92 Å². The first-order valence-electron chi connectivity index (χ1n) is 7.44. The van der Waals surface area contributed by atoms with E-state index in [1.165, 1.54) is 28.6 Å². The monoisotopic (exact) mass is 341 g/mol. The summed E-state index contributed by atoms with van der Waals surface area (Å²) in [6.07, 6.45) is 0. The molecule has 0 aliphatic carbocycles. The van der Waals surface area contributed by atoms with E-state index in [0.29, 0.717) is 13.1 Å². The van der Waals surface area contributed by atoms with Crippen LogP contribution in [0.1, 0.15) is 38.1 Å². The zero-order valence-corrected chi connectivity index (χ0v) is 14.6. The Labute approximate surface area is 137 Å². The molecule has 0 saturated heterocycles. The van der Waals surface area contributed by atoms with Gasteiger partial charge in [0.15, 0.2) is 0 Å². The van der Waals surface area contributed by atoms with E-state index in [2.05, 4.69) is 10.9 Å². The third-order valence-corrected chi connectivity index (χ3v) is 5.35. The van der Waals surface area contributed by atoms with Gasteiger partial charge in [-0.2, -0.15) is 4.31 Å². The minimum atomic E-state index is -3.55. The summed E-state index contributed by atoms with van der Waals surface area (Å²) in [6.45, 7) is 7.69. The highest BCUT2D eigenvalue weighted by Gasteiger charge is 2.21. The number of carbonyl (C=O) groups excluding carboxylic acids is 2. The summed E-state index contributed by atoms with van der Waals surface area (Å²) in [5.74, 6) is -1.07. The molecule has 2 N–H and O–H groups in total. The van der Waals surface area contributed by atoms with Gasteiger partial charge in [-0.05, 0) is 24.3 Å². The van der Waals surface area contributed by atoms with Crippen LogP contribution in [-0.4, -0.2) is 37.6 Å². The van der Waals surface area contributed by atoms with Crippen molar-refractivity contribution in [1.29, 1.82) is 0 Å². The van der Waals surface area contributed by atoms with Gasteiger partial charge in [0, 0.05) is 24.6 Å². The molecule has 0 aromatic heterocycles. The molecule has 0 aliphatic rings. The number of hydrogen-bond donors (Lipinski definition) is 2. The van der Waals surface area contributed by atoms with Gasteiger partial charge < -0.3 is 0 Å². The molecule has 0 radical (unpaired) electrons. The van der Waals surface area contributed by atoms with Crippen molar-refractivity contribution in [3.63, 3.8) is 0 Å². The average molecular weight is 341 g/mol. The fourth-order valence-corrected chi connectivity index (χ4v) is 3.28. The van der Waals surface area contributed by atoms with Crippen LogP contribution in [0.4, 0.5) is 0 Å². The van der Waals surface area contributed by atoms with Crippen LogP contribution in [0.15, 0.2) is 29.2 Å². The third-order valence-electron chi connectivity index (χ3n) is 3.28. The average Bonchev–Trinajstić information content (AvgIpc) is 2.53. The topological polar surface area (TPSA) is 95.6 Å². The molecule has 0 bridgehead atoms. The van der Waals surface area contributed by atoms with Gasteiger partial charge in [0.05, 0.1) is 4.90 Å². The molecule has 0 spiro atoms. The van der Waals surface area contributed by atoms with Crippen molar-refractivity contribution in [3.05, 3.63) is 29.8 Å². The summed E-state index contributed by atoms with van der Waals surface area (Å²) in [5.41, 5.74) is 4.84.